The van der Waals surface area contributed by atoms with E-state index >= 15 is 0 Å². The van der Waals surface area contributed by atoms with Crippen molar-refractivity contribution < 1.29 is 0 Å². The minimum atomic E-state index is 0.654. The molecule has 3 aliphatic rings. The van der Waals surface area contributed by atoms with Crippen molar-refractivity contribution in [3.8, 4) is 5.69 Å². The van der Waals surface area contributed by atoms with Crippen LogP contribution in [-0.2, 0) is 0 Å². The van der Waals surface area contributed by atoms with Crippen LogP contribution in [0, 0.1) is 12.8 Å². The maximum Gasteiger partial charge on any atom is 0.0543 e. The summed E-state index contributed by atoms with van der Waals surface area (Å²) in [6, 6.07) is 25.3. The third-order valence-electron chi connectivity index (χ3n) is 7.61. The Kier molecular flexibility index (Phi) is 3.86. The van der Waals surface area contributed by atoms with Gasteiger partial charge < -0.3 is 9.47 Å². The van der Waals surface area contributed by atoms with Gasteiger partial charge in [0, 0.05) is 28.4 Å². The van der Waals surface area contributed by atoms with Gasteiger partial charge in [-0.1, -0.05) is 36.4 Å². The van der Waals surface area contributed by atoms with E-state index in [0.29, 0.717) is 12.0 Å². The van der Waals surface area contributed by atoms with E-state index in [-0.39, 0.29) is 0 Å². The molecule has 2 unspecified atom stereocenters. The zero-order chi connectivity index (χ0) is 19.5. The summed E-state index contributed by atoms with van der Waals surface area (Å²) in [7, 11) is 0. The van der Waals surface area contributed by atoms with Crippen LogP contribution >= 0.6 is 0 Å². The molecule has 0 radical (unpaired) electrons. The molecule has 7 rings (SSSR count). The number of aromatic nitrogens is 1. The lowest BCUT2D eigenvalue weighted by Gasteiger charge is -2.50. The van der Waals surface area contributed by atoms with Gasteiger partial charge in [0.05, 0.1) is 11.0 Å². The van der Waals surface area contributed by atoms with Crippen LogP contribution in [0.5, 0.6) is 0 Å². The predicted octanol–water partition coefficient (Wildman–Crippen LogP) is 6.29. The van der Waals surface area contributed by atoms with E-state index in [4.69, 9.17) is 0 Å². The van der Waals surface area contributed by atoms with Crippen molar-refractivity contribution in [2.24, 2.45) is 5.92 Å². The average Bonchev–Trinajstić information content (AvgIpc) is 3.08. The van der Waals surface area contributed by atoms with Crippen molar-refractivity contribution >= 4 is 21.8 Å². The molecule has 2 bridgehead atoms. The first-order chi connectivity index (χ1) is 14.2. The standard InChI is InChI=1S/C27H28N2/c1-18-16-26-24(17-23(18)27-19(2)28-14-12-20(27)13-15-28)22-10-6-7-11-25(22)29(26)21-8-4-3-5-9-21/h3-11,16-17,19-20,27H,12-15H2,1-2H3. The minimum absolute atomic E-state index is 0.654. The summed E-state index contributed by atoms with van der Waals surface area (Å²) in [5.41, 5.74) is 6.89. The van der Waals surface area contributed by atoms with Gasteiger partial charge in [0.1, 0.15) is 0 Å². The minimum Gasteiger partial charge on any atom is -0.309 e. The van der Waals surface area contributed by atoms with Crippen molar-refractivity contribution in [2.75, 3.05) is 13.1 Å². The second kappa shape index (κ2) is 6.47. The zero-order valence-corrected chi connectivity index (χ0v) is 17.3. The molecule has 3 aliphatic heterocycles. The molecule has 0 spiro atoms. The molecule has 3 fully saturated rings. The third kappa shape index (κ3) is 2.52. The number of nitrogens with zero attached hydrogens (tertiary/aromatic N) is 2. The summed E-state index contributed by atoms with van der Waals surface area (Å²) in [5.74, 6) is 1.51. The Hall–Kier alpha value is -2.58. The molecular formula is C27H28N2. The summed E-state index contributed by atoms with van der Waals surface area (Å²) in [6.07, 6.45) is 2.72. The average molecular weight is 381 g/mol. The Bertz CT molecular complexity index is 1190. The van der Waals surface area contributed by atoms with Crippen LogP contribution in [0.3, 0.4) is 0 Å². The SMILES string of the molecule is Cc1cc2c(cc1C1C3CCN(CC3)C1C)c1ccccc1n2-c1ccccc1. The van der Waals surface area contributed by atoms with Gasteiger partial charge >= 0.3 is 0 Å². The lowest BCUT2D eigenvalue weighted by Crippen LogP contribution is -2.52. The first-order valence-electron chi connectivity index (χ1n) is 11.1. The van der Waals surface area contributed by atoms with Crippen LogP contribution in [0.4, 0.5) is 0 Å². The van der Waals surface area contributed by atoms with Crippen LogP contribution in [0.1, 0.15) is 36.8 Å². The van der Waals surface area contributed by atoms with Crippen LogP contribution in [0.25, 0.3) is 27.5 Å². The van der Waals surface area contributed by atoms with Gasteiger partial charge in [-0.05, 0) is 87.2 Å². The lowest BCUT2D eigenvalue weighted by molar-refractivity contribution is 0.0348. The Morgan fingerprint density at radius 1 is 0.793 bits per heavy atom. The molecular weight excluding hydrogens is 352 g/mol. The smallest absolute Gasteiger partial charge is 0.0543 e. The summed E-state index contributed by atoms with van der Waals surface area (Å²) >= 11 is 0. The first kappa shape index (κ1) is 17.3. The first-order valence-corrected chi connectivity index (χ1v) is 11.1. The highest BCUT2D eigenvalue weighted by molar-refractivity contribution is 6.09. The monoisotopic (exact) mass is 380 g/mol. The number of hydrogen-bond acceptors (Lipinski definition) is 1. The summed E-state index contributed by atoms with van der Waals surface area (Å²) in [6.45, 7) is 7.35. The van der Waals surface area contributed by atoms with Gasteiger partial charge in [0.25, 0.3) is 0 Å². The quantitative estimate of drug-likeness (QED) is 0.397. The Balaban J connectivity index is 1.62. The maximum absolute atomic E-state index is 2.71. The molecule has 4 aromatic rings. The number of fused-ring (bicyclic) bond motifs is 6. The highest BCUT2D eigenvalue weighted by Crippen LogP contribution is 2.46. The van der Waals surface area contributed by atoms with E-state index < -0.39 is 0 Å². The fourth-order valence-electron chi connectivity index (χ4n) is 6.17. The van der Waals surface area contributed by atoms with E-state index in [0.717, 1.165) is 5.92 Å². The number of hydrogen-bond donors (Lipinski definition) is 0. The summed E-state index contributed by atoms with van der Waals surface area (Å²) in [4.78, 5) is 2.71. The zero-order valence-electron chi connectivity index (χ0n) is 17.3. The van der Waals surface area contributed by atoms with Gasteiger partial charge in [-0.15, -0.1) is 0 Å². The normalized spacial score (nSPS) is 26.4. The van der Waals surface area contributed by atoms with Crippen LogP contribution < -0.4 is 0 Å². The second-order valence-corrected chi connectivity index (χ2v) is 9.05. The van der Waals surface area contributed by atoms with Crippen molar-refractivity contribution in [2.45, 2.75) is 38.6 Å². The van der Waals surface area contributed by atoms with Crippen LogP contribution in [0.2, 0.25) is 0 Å². The van der Waals surface area contributed by atoms with Gasteiger partial charge in [-0.2, -0.15) is 0 Å². The molecule has 2 nitrogen and oxygen atoms in total. The molecule has 0 aliphatic carbocycles. The molecule has 0 amide bonds. The molecule has 1 aromatic heterocycles. The Labute approximate surface area is 172 Å². The molecule has 146 valence electrons. The highest BCUT2D eigenvalue weighted by Gasteiger charge is 2.41. The van der Waals surface area contributed by atoms with E-state index in [1.54, 1.807) is 5.56 Å². The molecule has 3 saturated heterocycles. The van der Waals surface area contributed by atoms with Crippen LogP contribution in [0.15, 0.2) is 66.7 Å². The molecule has 0 saturated carbocycles. The molecule has 3 aromatic carbocycles. The maximum atomic E-state index is 2.71. The second-order valence-electron chi connectivity index (χ2n) is 9.05. The Morgan fingerprint density at radius 2 is 1.52 bits per heavy atom. The number of rotatable bonds is 2. The van der Waals surface area contributed by atoms with Gasteiger partial charge in [-0.3, -0.25) is 0 Å². The van der Waals surface area contributed by atoms with E-state index in [2.05, 4.69) is 90.0 Å². The third-order valence-corrected chi connectivity index (χ3v) is 7.61. The fourth-order valence-corrected chi connectivity index (χ4v) is 6.17. The molecule has 4 heterocycles. The summed E-state index contributed by atoms with van der Waals surface area (Å²) in [5, 5.41) is 2.76. The number of aryl methyl sites for hydroxylation is 1. The topological polar surface area (TPSA) is 8.17 Å². The molecule has 2 heteroatoms. The fraction of sp³-hybridized carbons (Fsp3) is 0.333. The van der Waals surface area contributed by atoms with Crippen LogP contribution in [-0.4, -0.2) is 28.6 Å². The number of para-hydroxylation sites is 2. The van der Waals surface area contributed by atoms with Crippen molar-refractivity contribution in [3.63, 3.8) is 0 Å². The van der Waals surface area contributed by atoms with Gasteiger partial charge in [0.15, 0.2) is 0 Å². The molecule has 0 N–H and O–H groups in total. The highest BCUT2D eigenvalue weighted by atomic mass is 15.2. The van der Waals surface area contributed by atoms with Crippen molar-refractivity contribution in [1.29, 1.82) is 0 Å². The number of benzene rings is 3. The van der Waals surface area contributed by atoms with E-state index in [1.165, 1.54) is 59.0 Å². The Morgan fingerprint density at radius 3 is 2.28 bits per heavy atom. The molecule has 2 atom stereocenters. The van der Waals surface area contributed by atoms with Gasteiger partial charge in [-0.25, -0.2) is 0 Å². The van der Waals surface area contributed by atoms with Crippen molar-refractivity contribution in [1.82, 2.24) is 9.47 Å². The van der Waals surface area contributed by atoms with Gasteiger partial charge in [0.2, 0.25) is 0 Å². The largest absolute Gasteiger partial charge is 0.309 e. The predicted molar refractivity (Wildman–Crippen MR) is 122 cm³/mol. The van der Waals surface area contributed by atoms with Crippen molar-refractivity contribution in [3.05, 3.63) is 77.9 Å². The van der Waals surface area contributed by atoms with E-state index in [1.807, 2.05) is 0 Å². The molecule has 29 heavy (non-hydrogen) atoms. The lowest BCUT2D eigenvalue weighted by atomic mass is 9.70. The summed E-state index contributed by atoms with van der Waals surface area (Å²) < 4.78 is 2.43. The number of piperidine rings is 3. The van der Waals surface area contributed by atoms with E-state index in [9.17, 15) is 0 Å².